The number of anilines is 1. The van der Waals surface area contributed by atoms with Gasteiger partial charge in [-0.3, -0.25) is 4.79 Å². The molecular weight excluding hydrogens is 338 g/mol. The molecule has 2 heterocycles. The molecule has 0 aromatic heterocycles. The zero-order valence-electron chi connectivity index (χ0n) is 13.2. The van der Waals surface area contributed by atoms with Gasteiger partial charge in [-0.25, -0.2) is 8.42 Å². The van der Waals surface area contributed by atoms with Gasteiger partial charge in [0.1, 0.15) is 0 Å². The van der Waals surface area contributed by atoms with Crippen LogP contribution in [-0.2, 0) is 21.2 Å². The van der Waals surface area contributed by atoms with Crippen LogP contribution >= 0.6 is 12.4 Å². The van der Waals surface area contributed by atoms with Crippen molar-refractivity contribution in [2.45, 2.75) is 43.7 Å². The fourth-order valence-electron chi connectivity index (χ4n) is 3.37. The van der Waals surface area contributed by atoms with E-state index in [1.807, 2.05) is 6.92 Å². The molecular formula is C15H22ClN3O3S. The summed E-state index contributed by atoms with van der Waals surface area (Å²) in [6, 6.07) is 5.01. The third-order valence-corrected chi connectivity index (χ3v) is 6.29. The van der Waals surface area contributed by atoms with Crippen molar-refractivity contribution in [2.75, 3.05) is 18.0 Å². The molecule has 2 atom stereocenters. The van der Waals surface area contributed by atoms with Crippen molar-refractivity contribution in [3.8, 4) is 0 Å². The van der Waals surface area contributed by atoms with Gasteiger partial charge in [-0.15, -0.1) is 12.4 Å². The Kier molecular flexibility index (Phi) is 5.06. The lowest BCUT2D eigenvalue weighted by Gasteiger charge is -2.21. The van der Waals surface area contributed by atoms with Gasteiger partial charge in [0.15, 0.2) is 0 Å². The van der Waals surface area contributed by atoms with Gasteiger partial charge in [0.25, 0.3) is 0 Å². The SMILES string of the molecule is CC(=O)N1c2ccc(S(=O)(=O)N3CC[C@@H](N)C3)cc2CC1C.Cl. The molecule has 1 saturated heterocycles. The van der Waals surface area contributed by atoms with E-state index in [1.165, 1.54) is 11.2 Å². The number of hydrogen-bond donors (Lipinski definition) is 1. The fourth-order valence-corrected chi connectivity index (χ4v) is 4.93. The molecule has 128 valence electrons. The normalized spacial score (nSPS) is 24.4. The number of carbonyl (C=O) groups excluding carboxylic acids is 1. The minimum atomic E-state index is -3.50. The number of fused-ring (bicyclic) bond motifs is 1. The van der Waals surface area contributed by atoms with Crippen LogP contribution in [0.15, 0.2) is 23.1 Å². The smallest absolute Gasteiger partial charge is 0.243 e. The van der Waals surface area contributed by atoms with Crippen LogP contribution in [0.2, 0.25) is 0 Å². The maximum Gasteiger partial charge on any atom is 0.243 e. The lowest BCUT2D eigenvalue weighted by Crippen LogP contribution is -2.33. The van der Waals surface area contributed by atoms with E-state index in [0.717, 1.165) is 11.3 Å². The maximum absolute atomic E-state index is 12.7. The lowest BCUT2D eigenvalue weighted by molar-refractivity contribution is -0.116. The molecule has 0 spiro atoms. The topological polar surface area (TPSA) is 83.7 Å². The highest BCUT2D eigenvalue weighted by atomic mass is 35.5. The summed E-state index contributed by atoms with van der Waals surface area (Å²) in [5.41, 5.74) is 7.54. The predicted molar refractivity (Wildman–Crippen MR) is 91.4 cm³/mol. The Bertz CT molecular complexity index is 723. The van der Waals surface area contributed by atoms with Crippen molar-refractivity contribution in [1.29, 1.82) is 0 Å². The first-order chi connectivity index (χ1) is 10.3. The number of halogens is 1. The summed E-state index contributed by atoms with van der Waals surface area (Å²) in [4.78, 5) is 13.7. The molecule has 1 amide bonds. The van der Waals surface area contributed by atoms with Gasteiger partial charge < -0.3 is 10.6 Å². The van der Waals surface area contributed by atoms with Gasteiger partial charge >= 0.3 is 0 Å². The second-order valence-electron chi connectivity index (χ2n) is 6.14. The molecule has 2 N–H and O–H groups in total. The lowest BCUT2D eigenvalue weighted by atomic mass is 10.1. The van der Waals surface area contributed by atoms with Gasteiger partial charge in [0, 0.05) is 37.8 Å². The zero-order valence-corrected chi connectivity index (χ0v) is 14.9. The Hall–Kier alpha value is -1.15. The zero-order chi connectivity index (χ0) is 16.1. The maximum atomic E-state index is 12.7. The van der Waals surface area contributed by atoms with Crippen molar-refractivity contribution in [2.24, 2.45) is 5.73 Å². The van der Waals surface area contributed by atoms with Crippen molar-refractivity contribution >= 4 is 34.0 Å². The average Bonchev–Trinajstić information content (AvgIpc) is 3.00. The molecule has 8 heteroatoms. The number of hydrogen-bond acceptors (Lipinski definition) is 4. The Morgan fingerprint density at radius 1 is 1.35 bits per heavy atom. The second kappa shape index (κ2) is 6.39. The van der Waals surface area contributed by atoms with E-state index in [2.05, 4.69) is 0 Å². The van der Waals surface area contributed by atoms with Gasteiger partial charge in [-0.05, 0) is 43.5 Å². The number of carbonyl (C=O) groups is 1. The standard InChI is InChI=1S/C15H21N3O3S.ClH/c1-10-7-12-8-14(3-4-15(12)18(10)11(2)19)22(20,21)17-6-5-13(16)9-17;/h3-4,8,10,13H,5-7,9,16H2,1-2H3;1H/t10?,13-;/m1./s1. The van der Waals surface area contributed by atoms with Crippen LogP contribution in [0.3, 0.4) is 0 Å². The molecule has 2 aliphatic rings. The molecule has 0 saturated carbocycles. The van der Waals surface area contributed by atoms with Crippen LogP contribution in [-0.4, -0.2) is 43.8 Å². The summed E-state index contributed by atoms with van der Waals surface area (Å²) in [6.45, 7) is 4.34. The number of rotatable bonds is 2. The molecule has 0 radical (unpaired) electrons. The van der Waals surface area contributed by atoms with Gasteiger partial charge in [-0.2, -0.15) is 4.31 Å². The molecule has 1 unspecified atom stereocenters. The Balaban J connectivity index is 0.00000192. The molecule has 0 bridgehead atoms. The molecule has 23 heavy (non-hydrogen) atoms. The quantitative estimate of drug-likeness (QED) is 0.857. The van der Waals surface area contributed by atoms with Crippen LogP contribution in [0.25, 0.3) is 0 Å². The van der Waals surface area contributed by atoms with E-state index < -0.39 is 10.0 Å². The minimum Gasteiger partial charge on any atom is -0.326 e. The van der Waals surface area contributed by atoms with E-state index in [-0.39, 0.29) is 35.3 Å². The number of nitrogens with two attached hydrogens (primary N) is 1. The van der Waals surface area contributed by atoms with Crippen molar-refractivity contribution in [1.82, 2.24) is 4.31 Å². The highest BCUT2D eigenvalue weighted by molar-refractivity contribution is 7.89. The summed E-state index contributed by atoms with van der Waals surface area (Å²) in [5, 5.41) is 0. The fraction of sp³-hybridized carbons (Fsp3) is 0.533. The third-order valence-electron chi connectivity index (χ3n) is 4.43. The molecule has 1 aromatic carbocycles. The highest BCUT2D eigenvalue weighted by Gasteiger charge is 2.34. The third kappa shape index (κ3) is 3.10. The highest BCUT2D eigenvalue weighted by Crippen LogP contribution is 2.34. The van der Waals surface area contributed by atoms with Crippen LogP contribution in [0.4, 0.5) is 5.69 Å². The summed E-state index contributed by atoms with van der Waals surface area (Å²) in [5.74, 6) is -0.0210. The largest absolute Gasteiger partial charge is 0.326 e. The molecule has 3 rings (SSSR count). The first-order valence-electron chi connectivity index (χ1n) is 7.49. The number of amides is 1. The summed E-state index contributed by atoms with van der Waals surface area (Å²) < 4.78 is 26.8. The van der Waals surface area contributed by atoms with Crippen molar-refractivity contribution in [3.63, 3.8) is 0 Å². The van der Waals surface area contributed by atoms with Crippen LogP contribution in [0, 0.1) is 0 Å². The Morgan fingerprint density at radius 2 is 2.04 bits per heavy atom. The van der Waals surface area contributed by atoms with Gasteiger partial charge in [0.2, 0.25) is 15.9 Å². The Labute approximate surface area is 143 Å². The molecule has 6 nitrogen and oxygen atoms in total. The van der Waals surface area contributed by atoms with Gasteiger partial charge in [0.05, 0.1) is 4.90 Å². The second-order valence-corrected chi connectivity index (χ2v) is 8.08. The first-order valence-corrected chi connectivity index (χ1v) is 8.93. The Morgan fingerprint density at radius 3 is 2.61 bits per heavy atom. The monoisotopic (exact) mass is 359 g/mol. The number of nitrogens with zero attached hydrogens (tertiary/aromatic N) is 2. The first kappa shape index (κ1) is 18.2. The van der Waals surface area contributed by atoms with Crippen LogP contribution < -0.4 is 10.6 Å². The van der Waals surface area contributed by atoms with Crippen molar-refractivity contribution < 1.29 is 13.2 Å². The van der Waals surface area contributed by atoms with Crippen molar-refractivity contribution in [3.05, 3.63) is 23.8 Å². The van der Waals surface area contributed by atoms with E-state index >= 15 is 0 Å². The predicted octanol–water partition coefficient (Wildman–Crippen LogP) is 1.13. The number of benzene rings is 1. The van der Waals surface area contributed by atoms with E-state index in [0.29, 0.717) is 25.9 Å². The molecule has 2 aliphatic heterocycles. The summed E-state index contributed by atoms with van der Waals surface area (Å²) in [7, 11) is -3.50. The summed E-state index contributed by atoms with van der Waals surface area (Å²) >= 11 is 0. The molecule has 1 fully saturated rings. The average molecular weight is 360 g/mol. The van der Waals surface area contributed by atoms with E-state index in [1.54, 1.807) is 23.1 Å². The molecule has 0 aliphatic carbocycles. The minimum absolute atomic E-state index is 0. The van der Waals surface area contributed by atoms with Crippen LogP contribution in [0.1, 0.15) is 25.8 Å². The summed E-state index contributed by atoms with van der Waals surface area (Å²) in [6.07, 6.45) is 1.37. The van der Waals surface area contributed by atoms with Crippen LogP contribution in [0.5, 0.6) is 0 Å². The molecule has 1 aromatic rings. The number of sulfonamides is 1. The van der Waals surface area contributed by atoms with E-state index in [4.69, 9.17) is 5.73 Å². The van der Waals surface area contributed by atoms with E-state index in [9.17, 15) is 13.2 Å². The van der Waals surface area contributed by atoms with Gasteiger partial charge in [-0.1, -0.05) is 0 Å².